The zero-order chi connectivity index (χ0) is 13.6. The van der Waals surface area contributed by atoms with E-state index in [0.29, 0.717) is 5.39 Å². The minimum Gasteiger partial charge on any atom is -0.328 e. The lowest BCUT2D eigenvalue weighted by atomic mass is 9.97. The van der Waals surface area contributed by atoms with Crippen molar-refractivity contribution in [1.29, 1.82) is 0 Å². The van der Waals surface area contributed by atoms with Crippen LogP contribution in [-0.2, 0) is 12.8 Å². The van der Waals surface area contributed by atoms with Gasteiger partial charge in [0.05, 0.1) is 11.4 Å². The molecule has 2 aromatic heterocycles. The second-order valence-electron chi connectivity index (χ2n) is 5.11. The average Bonchev–Trinajstić information content (AvgIpc) is 2.76. The van der Waals surface area contributed by atoms with Crippen molar-refractivity contribution in [3.8, 4) is 0 Å². The number of thiophene rings is 1. The Labute approximate surface area is 114 Å². The Bertz CT molecular complexity index is 741. The van der Waals surface area contributed by atoms with E-state index in [9.17, 15) is 9.59 Å². The monoisotopic (exact) mass is 279 g/mol. The first kappa shape index (κ1) is 12.6. The van der Waals surface area contributed by atoms with Crippen LogP contribution in [0.4, 0.5) is 0 Å². The van der Waals surface area contributed by atoms with E-state index < -0.39 is 0 Å². The molecule has 2 heterocycles. The van der Waals surface area contributed by atoms with E-state index in [2.05, 4.69) is 4.98 Å². The van der Waals surface area contributed by atoms with Crippen molar-refractivity contribution in [2.24, 2.45) is 5.73 Å². The molecule has 0 radical (unpaired) electrons. The SMILES string of the molecule is CC(CN)n1c(=O)[nH]c2sc3c(c2c1=O)CCCC3. The van der Waals surface area contributed by atoms with Crippen LogP contribution in [0.3, 0.4) is 0 Å². The highest BCUT2D eigenvalue weighted by atomic mass is 32.1. The maximum atomic E-state index is 12.6. The van der Waals surface area contributed by atoms with E-state index >= 15 is 0 Å². The number of hydrogen-bond acceptors (Lipinski definition) is 4. The number of nitrogens with two attached hydrogens (primary N) is 1. The lowest BCUT2D eigenvalue weighted by molar-refractivity contribution is 0.518. The van der Waals surface area contributed by atoms with Gasteiger partial charge in [0.15, 0.2) is 0 Å². The number of aryl methyl sites for hydroxylation is 2. The molecule has 1 unspecified atom stereocenters. The molecule has 1 aliphatic rings. The Morgan fingerprint density at radius 1 is 1.37 bits per heavy atom. The fraction of sp³-hybridized carbons (Fsp3) is 0.538. The van der Waals surface area contributed by atoms with E-state index in [0.717, 1.165) is 36.1 Å². The summed E-state index contributed by atoms with van der Waals surface area (Å²) in [6.07, 6.45) is 4.23. The quantitative estimate of drug-likeness (QED) is 0.865. The van der Waals surface area contributed by atoms with Gasteiger partial charge < -0.3 is 5.73 Å². The summed E-state index contributed by atoms with van der Waals surface area (Å²) in [5, 5.41) is 0.708. The van der Waals surface area contributed by atoms with Crippen molar-refractivity contribution in [2.45, 2.75) is 38.6 Å². The Balaban J connectivity index is 2.37. The smallest absolute Gasteiger partial charge is 0.328 e. The summed E-state index contributed by atoms with van der Waals surface area (Å²) < 4.78 is 1.25. The molecule has 0 saturated heterocycles. The predicted octanol–water partition coefficient (Wildman–Crippen LogP) is 1.15. The van der Waals surface area contributed by atoms with Crippen molar-refractivity contribution >= 4 is 21.6 Å². The van der Waals surface area contributed by atoms with E-state index in [-0.39, 0.29) is 23.8 Å². The van der Waals surface area contributed by atoms with Crippen molar-refractivity contribution in [3.05, 3.63) is 31.3 Å². The lowest BCUT2D eigenvalue weighted by Crippen LogP contribution is -2.39. The van der Waals surface area contributed by atoms with E-state index in [1.165, 1.54) is 9.44 Å². The first-order valence-electron chi connectivity index (χ1n) is 6.62. The topological polar surface area (TPSA) is 80.9 Å². The lowest BCUT2D eigenvalue weighted by Gasteiger charge is -2.13. The van der Waals surface area contributed by atoms with Crippen molar-refractivity contribution in [3.63, 3.8) is 0 Å². The summed E-state index contributed by atoms with van der Waals surface area (Å²) >= 11 is 1.56. The maximum Gasteiger partial charge on any atom is 0.329 e. The first-order valence-corrected chi connectivity index (χ1v) is 7.44. The molecule has 0 aliphatic heterocycles. The largest absolute Gasteiger partial charge is 0.329 e. The zero-order valence-electron chi connectivity index (χ0n) is 10.9. The van der Waals surface area contributed by atoms with Crippen LogP contribution in [0.2, 0.25) is 0 Å². The highest BCUT2D eigenvalue weighted by Crippen LogP contribution is 2.33. The van der Waals surface area contributed by atoms with Crippen LogP contribution in [0, 0.1) is 0 Å². The Kier molecular flexibility index (Phi) is 3.06. The van der Waals surface area contributed by atoms with Gasteiger partial charge in [0, 0.05) is 11.4 Å². The van der Waals surface area contributed by atoms with Crippen molar-refractivity contribution in [1.82, 2.24) is 9.55 Å². The molecule has 0 fully saturated rings. The molecule has 6 heteroatoms. The van der Waals surface area contributed by atoms with E-state index in [1.807, 2.05) is 0 Å². The molecule has 1 aliphatic carbocycles. The Hall–Kier alpha value is -1.40. The fourth-order valence-electron chi connectivity index (χ4n) is 2.76. The Morgan fingerprint density at radius 2 is 2.11 bits per heavy atom. The number of nitrogens with one attached hydrogen (secondary N) is 1. The number of nitrogens with zero attached hydrogens (tertiary/aromatic N) is 1. The van der Waals surface area contributed by atoms with Crippen molar-refractivity contribution in [2.75, 3.05) is 6.54 Å². The van der Waals surface area contributed by atoms with E-state index in [1.54, 1.807) is 18.3 Å². The molecule has 102 valence electrons. The number of H-pyrrole nitrogens is 1. The number of hydrogen-bond donors (Lipinski definition) is 2. The molecule has 19 heavy (non-hydrogen) atoms. The summed E-state index contributed by atoms with van der Waals surface area (Å²) in [5.74, 6) is 0. The molecule has 3 rings (SSSR count). The molecule has 2 aromatic rings. The van der Waals surface area contributed by atoms with Gasteiger partial charge in [-0.15, -0.1) is 11.3 Å². The molecule has 0 aromatic carbocycles. The van der Waals surface area contributed by atoms with Crippen LogP contribution in [-0.4, -0.2) is 16.1 Å². The summed E-state index contributed by atoms with van der Waals surface area (Å²) in [5.41, 5.74) is 6.20. The van der Waals surface area contributed by atoms with Gasteiger partial charge in [-0.1, -0.05) is 0 Å². The number of aromatic nitrogens is 2. The molecule has 0 amide bonds. The van der Waals surface area contributed by atoms with E-state index in [4.69, 9.17) is 5.73 Å². The molecule has 5 nitrogen and oxygen atoms in total. The minimum atomic E-state index is -0.353. The van der Waals surface area contributed by atoms with Crippen LogP contribution in [0.1, 0.15) is 36.2 Å². The molecule has 0 saturated carbocycles. The van der Waals surface area contributed by atoms with Crippen LogP contribution in [0.15, 0.2) is 9.59 Å². The zero-order valence-corrected chi connectivity index (χ0v) is 11.7. The standard InChI is InChI=1S/C13H17N3O2S/c1-7(6-14)16-12(17)10-8-4-2-3-5-9(8)19-11(10)15-13(16)18/h7H,2-6,14H2,1H3,(H,15,18). The first-order chi connectivity index (χ1) is 9.13. The highest BCUT2D eigenvalue weighted by Gasteiger charge is 2.21. The second-order valence-corrected chi connectivity index (χ2v) is 6.21. The van der Waals surface area contributed by atoms with Gasteiger partial charge in [-0.25, -0.2) is 4.79 Å². The van der Waals surface area contributed by atoms with Gasteiger partial charge in [-0.3, -0.25) is 14.3 Å². The fourth-order valence-corrected chi connectivity index (χ4v) is 4.03. The minimum absolute atomic E-state index is 0.184. The summed E-state index contributed by atoms with van der Waals surface area (Å²) in [6, 6.07) is -0.278. The maximum absolute atomic E-state index is 12.6. The number of rotatable bonds is 2. The van der Waals surface area contributed by atoms with Crippen LogP contribution in [0.25, 0.3) is 10.2 Å². The number of fused-ring (bicyclic) bond motifs is 3. The third-order valence-corrected chi connectivity index (χ3v) is 5.03. The van der Waals surface area contributed by atoms with Crippen LogP contribution < -0.4 is 17.0 Å². The molecular formula is C13H17N3O2S. The van der Waals surface area contributed by atoms with Gasteiger partial charge in [-0.2, -0.15) is 0 Å². The molecular weight excluding hydrogens is 262 g/mol. The van der Waals surface area contributed by atoms with Crippen LogP contribution >= 0.6 is 11.3 Å². The summed E-state index contributed by atoms with van der Waals surface area (Å²) in [4.78, 5) is 29.4. The molecule has 0 spiro atoms. The van der Waals surface area contributed by atoms with Gasteiger partial charge >= 0.3 is 5.69 Å². The number of aromatic amines is 1. The van der Waals surface area contributed by atoms with Gasteiger partial charge in [-0.05, 0) is 38.2 Å². The van der Waals surface area contributed by atoms with Gasteiger partial charge in [0.25, 0.3) is 5.56 Å². The second kappa shape index (κ2) is 4.61. The average molecular weight is 279 g/mol. The van der Waals surface area contributed by atoms with Gasteiger partial charge in [0.1, 0.15) is 4.83 Å². The third-order valence-electron chi connectivity index (χ3n) is 3.83. The Morgan fingerprint density at radius 3 is 2.84 bits per heavy atom. The van der Waals surface area contributed by atoms with Gasteiger partial charge in [0.2, 0.25) is 0 Å². The summed E-state index contributed by atoms with van der Waals surface area (Å²) in [6.45, 7) is 2.07. The molecule has 3 N–H and O–H groups in total. The van der Waals surface area contributed by atoms with Crippen LogP contribution in [0.5, 0.6) is 0 Å². The highest BCUT2D eigenvalue weighted by molar-refractivity contribution is 7.18. The molecule has 0 bridgehead atoms. The normalized spacial score (nSPS) is 16.5. The molecule has 1 atom stereocenters. The third kappa shape index (κ3) is 1.86. The summed E-state index contributed by atoms with van der Waals surface area (Å²) in [7, 11) is 0. The predicted molar refractivity (Wildman–Crippen MR) is 77.1 cm³/mol. The van der Waals surface area contributed by atoms with Crippen molar-refractivity contribution < 1.29 is 0 Å².